The van der Waals surface area contributed by atoms with E-state index < -0.39 is 27.6 Å². The molecule has 202 valence electrons. The molecular weight excluding hydrogens is 554 g/mol. The first-order valence-corrected chi connectivity index (χ1v) is 14.3. The maximum absolute atomic E-state index is 13.8. The van der Waals surface area contributed by atoms with Gasteiger partial charge in [0.2, 0.25) is 15.2 Å². The molecule has 0 aliphatic heterocycles. The molecule has 0 bridgehead atoms. The molecule has 7 nitrogen and oxygen atoms in total. The summed E-state index contributed by atoms with van der Waals surface area (Å²) in [5, 5.41) is 5.53. The molecule has 4 aromatic carbocycles. The topological polar surface area (TPSA) is 82.9 Å². The van der Waals surface area contributed by atoms with Crippen molar-refractivity contribution in [1.82, 2.24) is 9.29 Å². The quantitative estimate of drug-likeness (QED) is 0.166. The van der Waals surface area contributed by atoms with Crippen LogP contribution in [0.3, 0.4) is 0 Å². The number of fused-ring (bicyclic) bond motifs is 1. The lowest BCUT2D eigenvalue weighted by Crippen LogP contribution is -2.27. The number of hydrogen-bond donors (Lipinski definition) is 0. The van der Waals surface area contributed by atoms with Crippen molar-refractivity contribution in [2.75, 3.05) is 12.1 Å². The van der Waals surface area contributed by atoms with Gasteiger partial charge >= 0.3 is 0 Å². The number of carbonyl (C=O) groups is 1. The number of aromatic nitrogens is 1. The van der Waals surface area contributed by atoms with Gasteiger partial charge in [-0.05, 0) is 65.7 Å². The van der Waals surface area contributed by atoms with Crippen LogP contribution in [-0.2, 0) is 16.6 Å². The lowest BCUT2D eigenvalue weighted by molar-refractivity contribution is 0.0987. The molecule has 0 saturated carbocycles. The summed E-state index contributed by atoms with van der Waals surface area (Å²) < 4.78 is 55.1. The number of sulfonamides is 1. The van der Waals surface area contributed by atoms with Gasteiger partial charge in [0.05, 0.1) is 21.3 Å². The molecule has 0 unspecified atom stereocenters. The van der Waals surface area contributed by atoms with Crippen LogP contribution in [0.4, 0.5) is 13.9 Å². The molecule has 0 aliphatic carbocycles. The Bertz CT molecular complexity index is 1790. The monoisotopic (exact) mass is 576 g/mol. The summed E-state index contributed by atoms with van der Waals surface area (Å²) >= 11 is 1.07. The molecule has 11 heteroatoms. The summed E-state index contributed by atoms with van der Waals surface area (Å²) in [7, 11) is -2.33. The third-order valence-corrected chi connectivity index (χ3v) is 8.77. The molecule has 0 radical (unpaired) electrons. The molecule has 0 atom stereocenters. The Kier molecular flexibility index (Phi) is 7.78. The van der Waals surface area contributed by atoms with E-state index in [2.05, 4.69) is 10.1 Å². The average Bonchev–Trinajstić information content (AvgIpc) is 3.37. The third kappa shape index (κ3) is 5.96. The molecular formula is C29H22F2N4O3S2. The highest BCUT2D eigenvalue weighted by molar-refractivity contribution is 7.89. The van der Waals surface area contributed by atoms with E-state index in [0.29, 0.717) is 15.8 Å². The Morgan fingerprint density at radius 1 is 0.925 bits per heavy atom. The van der Waals surface area contributed by atoms with Crippen LogP contribution in [0, 0.1) is 11.6 Å². The number of carbonyl (C=O) groups excluding carboxylic acids is 1. The smallest absolute Gasteiger partial charge is 0.267 e. The molecule has 0 aliphatic rings. The zero-order valence-corrected chi connectivity index (χ0v) is 22.7. The molecule has 0 spiro atoms. The summed E-state index contributed by atoms with van der Waals surface area (Å²) in [5.74, 6) is -1.44. The van der Waals surface area contributed by atoms with Crippen LogP contribution in [0.1, 0.15) is 21.5 Å². The predicted molar refractivity (Wildman–Crippen MR) is 152 cm³/mol. The number of nitrogens with zero attached hydrogens (tertiary/aromatic N) is 4. The fourth-order valence-corrected chi connectivity index (χ4v) is 5.94. The fourth-order valence-electron chi connectivity index (χ4n) is 3.84. The third-order valence-electron chi connectivity index (χ3n) is 5.96. The van der Waals surface area contributed by atoms with Crippen LogP contribution in [0.5, 0.6) is 0 Å². The highest BCUT2D eigenvalue weighted by Crippen LogP contribution is 2.31. The minimum atomic E-state index is -3.82. The first-order chi connectivity index (χ1) is 19.2. The van der Waals surface area contributed by atoms with E-state index in [1.165, 1.54) is 84.3 Å². The normalized spacial score (nSPS) is 11.9. The van der Waals surface area contributed by atoms with Crippen LogP contribution in [-0.4, -0.2) is 36.9 Å². The van der Waals surface area contributed by atoms with Crippen molar-refractivity contribution in [3.63, 3.8) is 0 Å². The average molecular weight is 577 g/mol. The van der Waals surface area contributed by atoms with Crippen molar-refractivity contribution < 1.29 is 22.0 Å². The van der Waals surface area contributed by atoms with Gasteiger partial charge in [-0.2, -0.15) is 14.4 Å². The lowest BCUT2D eigenvalue weighted by Gasteiger charge is -2.18. The summed E-state index contributed by atoms with van der Waals surface area (Å²) in [6.07, 6.45) is 1.38. The number of hydrogen-bond acceptors (Lipinski definition) is 6. The molecule has 1 aromatic heterocycles. The van der Waals surface area contributed by atoms with E-state index in [9.17, 15) is 22.0 Å². The minimum absolute atomic E-state index is 0.0271. The van der Waals surface area contributed by atoms with E-state index in [0.717, 1.165) is 21.9 Å². The maximum Gasteiger partial charge on any atom is 0.280 e. The highest BCUT2D eigenvalue weighted by Gasteiger charge is 2.24. The Balaban J connectivity index is 1.44. The zero-order chi connectivity index (χ0) is 28.3. The Labute approximate surface area is 233 Å². The van der Waals surface area contributed by atoms with E-state index in [4.69, 9.17) is 0 Å². The van der Waals surface area contributed by atoms with Gasteiger partial charge in [0.1, 0.15) is 11.6 Å². The van der Waals surface area contributed by atoms with Gasteiger partial charge in [0.15, 0.2) is 0 Å². The molecule has 0 N–H and O–H groups in total. The van der Waals surface area contributed by atoms with Crippen molar-refractivity contribution in [2.45, 2.75) is 11.4 Å². The van der Waals surface area contributed by atoms with Gasteiger partial charge in [-0.25, -0.2) is 22.2 Å². The lowest BCUT2D eigenvalue weighted by atomic mass is 10.2. The van der Waals surface area contributed by atoms with Crippen molar-refractivity contribution in [3.05, 3.63) is 125 Å². The number of rotatable bonds is 8. The van der Waals surface area contributed by atoms with E-state index in [-0.39, 0.29) is 22.1 Å². The largest absolute Gasteiger partial charge is 0.280 e. The van der Waals surface area contributed by atoms with Crippen molar-refractivity contribution in [2.24, 2.45) is 5.10 Å². The zero-order valence-electron chi connectivity index (χ0n) is 21.1. The van der Waals surface area contributed by atoms with Gasteiger partial charge in [0, 0.05) is 19.2 Å². The van der Waals surface area contributed by atoms with Crippen molar-refractivity contribution in [3.8, 4) is 0 Å². The number of anilines is 1. The minimum Gasteiger partial charge on any atom is -0.267 e. The SMILES string of the molecule is CN(Cc1ccccc1)S(=O)(=O)c1ccc(C(=O)N(/N=C/c2ccc(F)cc2)c2nc3ccc(F)cc3s2)cc1. The Morgan fingerprint density at radius 2 is 1.60 bits per heavy atom. The molecule has 1 heterocycles. The number of halogens is 2. The standard InChI is InChI=1S/C29H22F2N4O3S2/c1-34(19-21-5-3-2-4-6-21)40(37,38)25-14-9-22(10-15-25)28(36)35(32-18-20-7-11-23(30)12-8-20)29-33-26-16-13-24(31)17-27(26)39-29/h2-18H,19H2,1H3/b32-18+. The molecule has 0 fully saturated rings. The first kappa shape index (κ1) is 27.3. The van der Waals surface area contributed by atoms with Crippen LogP contribution >= 0.6 is 11.3 Å². The van der Waals surface area contributed by atoms with Crippen molar-refractivity contribution in [1.29, 1.82) is 0 Å². The summed E-state index contributed by atoms with van der Waals surface area (Å²) in [5.41, 5.74) is 2.02. The van der Waals surface area contributed by atoms with Crippen LogP contribution in [0.2, 0.25) is 0 Å². The van der Waals surface area contributed by atoms with Crippen molar-refractivity contribution >= 4 is 48.8 Å². The highest BCUT2D eigenvalue weighted by atomic mass is 32.2. The number of benzene rings is 4. The van der Waals surface area contributed by atoms with E-state index >= 15 is 0 Å². The van der Waals surface area contributed by atoms with Gasteiger partial charge < -0.3 is 0 Å². The van der Waals surface area contributed by atoms with E-state index in [1.807, 2.05) is 30.3 Å². The Hall–Kier alpha value is -4.32. The Morgan fingerprint density at radius 3 is 2.30 bits per heavy atom. The van der Waals surface area contributed by atoms with Gasteiger partial charge in [-0.3, -0.25) is 4.79 Å². The van der Waals surface area contributed by atoms with Crippen LogP contribution in [0.25, 0.3) is 10.2 Å². The molecule has 40 heavy (non-hydrogen) atoms. The maximum atomic E-state index is 13.8. The molecule has 5 aromatic rings. The van der Waals surface area contributed by atoms with E-state index in [1.54, 1.807) is 0 Å². The van der Waals surface area contributed by atoms with Crippen LogP contribution < -0.4 is 5.01 Å². The molecule has 0 saturated heterocycles. The molecule has 1 amide bonds. The second-order valence-electron chi connectivity index (χ2n) is 8.79. The second kappa shape index (κ2) is 11.4. The predicted octanol–water partition coefficient (Wildman–Crippen LogP) is 6.08. The summed E-state index contributed by atoms with van der Waals surface area (Å²) in [6, 6.07) is 24.3. The number of thiazole rings is 1. The van der Waals surface area contributed by atoms with Gasteiger partial charge in [0.25, 0.3) is 5.91 Å². The van der Waals surface area contributed by atoms with Crippen LogP contribution in [0.15, 0.2) is 107 Å². The molecule has 5 rings (SSSR count). The number of amides is 1. The van der Waals surface area contributed by atoms with Gasteiger partial charge in [-0.15, -0.1) is 0 Å². The first-order valence-electron chi connectivity index (χ1n) is 12.0. The summed E-state index contributed by atoms with van der Waals surface area (Å²) in [6.45, 7) is 0.188. The second-order valence-corrected chi connectivity index (χ2v) is 11.8. The summed E-state index contributed by atoms with van der Waals surface area (Å²) in [4.78, 5) is 18.0. The van der Waals surface area contributed by atoms with Gasteiger partial charge in [-0.1, -0.05) is 53.8 Å². The number of hydrazone groups is 1. The fraction of sp³-hybridized carbons (Fsp3) is 0.0690.